The zero-order valence-electron chi connectivity index (χ0n) is 25.2. The lowest BCUT2D eigenvalue weighted by molar-refractivity contribution is -0.157. The molecule has 1 fully saturated rings. The van der Waals surface area contributed by atoms with Crippen molar-refractivity contribution in [1.82, 2.24) is 30.6 Å². The average Bonchev–Trinajstić information content (AvgIpc) is 2.95. The molecule has 1 unspecified atom stereocenters. The Morgan fingerprint density at radius 1 is 1.07 bits per heavy atom. The zero-order chi connectivity index (χ0) is 30.9. The Bertz CT molecular complexity index is 1500. The highest BCUT2D eigenvalue weighted by molar-refractivity contribution is 5.94. The minimum atomic E-state index is -0.997. The predicted octanol–water partition coefficient (Wildman–Crippen LogP) is 1.73. The van der Waals surface area contributed by atoms with Crippen LogP contribution in [0.15, 0.2) is 29.1 Å². The third-order valence-corrected chi connectivity index (χ3v) is 7.77. The number of amides is 3. The normalized spacial score (nSPS) is 25.8. The number of carbonyl (C=O) groups excluding carboxylic acids is 4. The van der Waals surface area contributed by atoms with Gasteiger partial charge in [0.2, 0.25) is 11.8 Å². The van der Waals surface area contributed by atoms with E-state index in [4.69, 9.17) is 4.74 Å². The summed E-state index contributed by atoms with van der Waals surface area (Å²) >= 11 is 0. The average molecular weight is 581 g/mol. The molecule has 1 aromatic carbocycles. The van der Waals surface area contributed by atoms with Crippen LogP contribution in [0.3, 0.4) is 0 Å². The van der Waals surface area contributed by atoms with Crippen LogP contribution in [0, 0.1) is 11.3 Å². The molecule has 226 valence electrons. The molecular weight excluding hydrogens is 540 g/mol. The summed E-state index contributed by atoms with van der Waals surface area (Å²) in [5, 5.41) is 7.28. The monoisotopic (exact) mass is 580 g/mol. The number of fused-ring (bicyclic) bond motifs is 4. The molecule has 3 heterocycles. The predicted molar refractivity (Wildman–Crippen MR) is 157 cm³/mol. The zero-order valence-corrected chi connectivity index (χ0v) is 25.2. The maximum absolute atomic E-state index is 13.3. The van der Waals surface area contributed by atoms with E-state index in [1.165, 1.54) is 9.58 Å². The van der Waals surface area contributed by atoms with Crippen LogP contribution in [0.4, 0.5) is 0 Å². The lowest BCUT2D eigenvalue weighted by Crippen LogP contribution is -2.61. The van der Waals surface area contributed by atoms with Crippen molar-refractivity contribution in [2.24, 2.45) is 18.4 Å². The molecular formula is C30H40N6O6. The van der Waals surface area contributed by atoms with E-state index in [1.807, 2.05) is 13.8 Å². The fraction of sp³-hybridized carbons (Fsp3) is 0.533. The van der Waals surface area contributed by atoms with Crippen molar-refractivity contribution < 1.29 is 23.9 Å². The number of rotatable bonds is 1. The second kappa shape index (κ2) is 12.0. The van der Waals surface area contributed by atoms with Crippen molar-refractivity contribution in [3.8, 4) is 0 Å². The topological polar surface area (TPSA) is 152 Å². The molecule has 12 nitrogen and oxygen atoms in total. The number of esters is 1. The smallest absolute Gasteiger partial charge is 0.325 e. The summed E-state index contributed by atoms with van der Waals surface area (Å²) in [6.45, 7) is 10.6. The molecule has 3 N–H and O–H groups in total. The van der Waals surface area contributed by atoms with Crippen molar-refractivity contribution >= 4 is 40.7 Å². The fourth-order valence-corrected chi connectivity index (χ4v) is 5.04. The first-order valence-electron chi connectivity index (χ1n) is 14.3. The van der Waals surface area contributed by atoms with E-state index in [0.717, 1.165) is 0 Å². The molecule has 0 radical (unpaired) electrons. The van der Waals surface area contributed by atoms with Gasteiger partial charge in [0, 0.05) is 13.6 Å². The number of hydrazine groups is 1. The van der Waals surface area contributed by atoms with Crippen LogP contribution >= 0.6 is 0 Å². The molecule has 1 aromatic heterocycles. The summed E-state index contributed by atoms with van der Waals surface area (Å²) in [6, 6.07) is 2.56. The Kier molecular flexibility index (Phi) is 8.86. The molecule has 5 bridgehead atoms. The Labute approximate surface area is 244 Å². The van der Waals surface area contributed by atoms with E-state index in [9.17, 15) is 24.0 Å². The Morgan fingerprint density at radius 3 is 2.48 bits per heavy atom. The third-order valence-electron chi connectivity index (χ3n) is 7.77. The summed E-state index contributed by atoms with van der Waals surface area (Å²) in [6.07, 6.45) is 3.60. The first-order chi connectivity index (χ1) is 19.7. The van der Waals surface area contributed by atoms with E-state index in [0.29, 0.717) is 35.9 Å². The van der Waals surface area contributed by atoms with Crippen LogP contribution in [0.25, 0.3) is 17.0 Å². The number of hydrogen-bond donors (Lipinski definition) is 3. The number of hydrogen-bond acceptors (Lipinski definition) is 8. The number of aromatic nitrogens is 2. The Hall–Kier alpha value is -4.06. The van der Waals surface area contributed by atoms with Crippen LogP contribution < -0.4 is 21.6 Å². The van der Waals surface area contributed by atoms with Gasteiger partial charge in [0.05, 0.1) is 16.3 Å². The molecule has 0 spiro atoms. The van der Waals surface area contributed by atoms with Crippen molar-refractivity contribution in [3.05, 3.63) is 46.0 Å². The largest absolute Gasteiger partial charge is 0.453 e. The van der Waals surface area contributed by atoms with E-state index in [1.54, 1.807) is 65.1 Å². The molecule has 4 atom stereocenters. The standard InChI is InChI=1S/C30H40N6O6/c1-16(2)23-25(37)31-17(3)26(38)36-14-8-9-21(34-36)28(40)42-18(4)24-32-22-15-19(10-11-20(22)27(39)35(24)7)12-13-30(5,6)29(41)33-23/h10-13,15-18,21,23,34H,8-9,14H2,1-7H3,(H,31,37)(H,33,41)/t17-,18-,21?,23+/m1/s1. The van der Waals surface area contributed by atoms with Crippen LogP contribution in [-0.4, -0.2) is 62.9 Å². The highest BCUT2D eigenvalue weighted by Crippen LogP contribution is 2.23. The van der Waals surface area contributed by atoms with Gasteiger partial charge in [-0.3, -0.25) is 33.5 Å². The molecule has 0 aliphatic carbocycles. The number of benzene rings is 1. The molecule has 2 aliphatic heterocycles. The van der Waals surface area contributed by atoms with Gasteiger partial charge in [-0.15, -0.1) is 0 Å². The lowest BCUT2D eigenvalue weighted by atomic mass is 9.89. The van der Waals surface area contributed by atoms with Crippen molar-refractivity contribution in [2.45, 2.75) is 78.6 Å². The minimum absolute atomic E-state index is 0.254. The molecule has 0 saturated carbocycles. The second-order valence-corrected chi connectivity index (χ2v) is 12.0. The van der Waals surface area contributed by atoms with E-state index in [-0.39, 0.29) is 23.2 Å². The molecule has 2 aliphatic rings. The number of ether oxygens (including phenoxy) is 1. The summed E-state index contributed by atoms with van der Waals surface area (Å²) in [5.41, 5.74) is 2.78. The molecule has 4 rings (SSSR count). The quantitative estimate of drug-likeness (QED) is 0.432. The van der Waals surface area contributed by atoms with Gasteiger partial charge in [0.25, 0.3) is 11.5 Å². The molecule has 1 saturated heterocycles. The molecule has 3 amide bonds. The molecule has 12 heteroatoms. The van der Waals surface area contributed by atoms with Crippen LogP contribution in [0.1, 0.15) is 71.9 Å². The lowest BCUT2D eigenvalue weighted by Gasteiger charge is -2.35. The van der Waals surface area contributed by atoms with Gasteiger partial charge in [-0.1, -0.05) is 32.1 Å². The highest BCUT2D eigenvalue weighted by atomic mass is 16.5. The SMILES string of the molecule is CC(C)[C@@H]1NC(=O)C(C)(C)C=Cc2ccc3c(=O)n(C)c(nc3c2)[C@@H](C)OC(=O)C2CCCN(N2)C(=O)[C@@H](C)NC1=O. The van der Waals surface area contributed by atoms with Gasteiger partial charge >= 0.3 is 5.97 Å². The van der Waals surface area contributed by atoms with Gasteiger partial charge in [-0.25, -0.2) is 10.4 Å². The Balaban J connectivity index is 1.77. The van der Waals surface area contributed by atoms with Crippen LogP contribution in [0.5, 0.6) is 0 Å². The van der Waals surface area contributed by atoms with Gasteiger partial charge in [0.1, 0.15) is 18.1 Å². The van der Waals surface area contributed by atoms with Gasteiger partial charge in [-0.05, 0) is 64.2 Å². The summed E-state index contributed by atoms with van der Waals surface area (Å²) in [5.74, 6) is -1.84. The third kappa shape index (κ3) is 6.38. The summed E-state index contributed by atoms with van der Waals surface area (Å²) in [4.78, 5) is 70.8. The Morgan fingerprint density at radius 2 is 1.79 bits per heavy atom. The first kappa shape index (κ1) is 30.9. The minimum Gasteiger partial charge on any atom is -0.453 e. The van der Waals surface area contributed by atoms with Crippen molar-refractivity contribution in [3.63, 3.8) is 0 Å². The first-order valence-corrected chi connectivity index (χ1v) is 14.3. The number of nitrogens with zero attached hydrogens (tertiary/aromatic N) is 3. The van der Waals surface area contributed by atoms with Crippen LogP contribution in [-0.2, 0) is 31.0 Å². The second-order valence-electron chi connectivity index (χ2n) is 12.0. The van der Waals surface area contributed by atoms with E-state index in [2.05, 4.69) is 21.0 Å². The maximum Gasteiger partial charge on any atom is 0.325 e. The number of cyclic esters (lactones) is 1. The van der Waals surface area contributed by atoms with Gasteiger partial charge in [0.15, 0.2) is 11.9 Å². The fourth-order valence-electron chi connectivity index (χ4n) is 5.04. The van der Waals surface area contributed by atoms with E-state index < -0.39 is 47.4 Å². The molecule has 42 heavy (non-hydrogen) atoms. The van der Waals surface area contributed by atoms with Crippen molar-refractivity contribution in [2.75, 3.05) is 6.54 Å². The highest BCUT2D eigenvalue weighted by Gasteiger charge is 2.35. The number of nitrogens with one attached hydrogen (secondary N) is 3. The van der Waals surface area contributed by atoms with Gasteiger partial charge < -0.3 is 15.4 Å². The maximum atomic E-state index is 13.3. The van der Waals surface area contributed by atoms with E-state index >= 15 is 0 Å². The van der Waals surface area contributed by atoms with Gasteiger partial charge in [-0.2, -0.15) is 0 Å². The van der Waals surface area contributed by atoms with Crippen molar-refractivity contribution in [1.29, 1.82) is 0 Å². The summed E-state index contributed by atoms with van der Waals surface area (Å²) < 4.78 is 7.08. The number of carbonyl (C=O) groups is 4. The molecule has 2 aromatic rings. The summed E-state index contributed by atoms with van der Waals surface area (Å²) in [7, 11) is 1.57. The van der Waals surface area contributed by atoms with Crippen LogP contribution in [0.2, 0.25) is 0 Å².